The SMILES string of the molecule is O=[N+]([O-])c1ccccc1S(=O)(=O)N1CCC[C@H]1CO. The zero-order valence-corrected chi connectivity index (χ0v) is 10.9. The van der Waals surface area contributed by atoms with Gasteiger partial charge in [-0.3, -0.25) is 10.1 Å². The third kappa shape index (κ3) is 2.46. The van der Waals surface area contributed by atoms with Gasteiger partial charge in [0.2, 0.25) is 10.0 Å². The monoisotopic (exact) mass is 286 g/mol. The number of rotatable bonds is 4. The summed E-state index contributed by atoms with van der Waals surface area (Å²) in [5.41, 5.74) is -0.439. The molecule has 0 spiro atoms. The molecule has 0 aromatic heterocycles. The smallest absolute Gasteiger partial charge is 0.289 e. The summed E-state index contributed by atoms with van der Waals surface area (Å²) in [5, 5.41) is 20.1. The number of aliphatic hydroxyl groups excluding tert-OH is 1. The van der Waals surface area contributed by atoms with Crippen LogP contribution in [0.2, 0.25) is 0 Å². The van der Waals surface area contributed by atoms with Crippen molar-refractivity contribution < 1.29 is 18.4 Å². The molecule has 1 heterocycles. The van der Waals surface area contributed by atoms with E-state index in [0.717, 1.165) is 10.4 Å². The van der Waals surface area contributed by atoms with Gasteiger partial charge in [-0.25, -0.2) is 8.42 Å². The summed E-state index contributed by atoms with van der Waals surface area (Å²) in [4.78, 5) is 9.88. The van der Waals surface area contributed by atoms with E-state index in [1.165, 1.54) is 18.2 Å². The lowest BCUT2D eigenvalue weighted by molar-refractivity contribution is -0.387. The number of sulfonamides is 1. The molecule has 0 amide bonds. The lowest BCUT2D eigenvalue weighted by atomic mass is 10.2. The van der Waals surface area contributed by atoms with Crippen molar-refractivity contribution in [2.24, 2.45) is 0 Å². The van der Waals surface area contributed by atoms with Crippen molar-refractivity contribution >= 4 is 15.7 Å². The molecule has 104 valence electrons. The maximum atomic E-state index is 12.4. The number of para-hydroxylation sites is 1. The molecule has 0 unspecified atom stereocenters. The van der Waals surface area contributed by atoms with Crippen molar-refractivity contribution in [1.82, 2.24) is 4.31 Å². The molecule has 1 aromatic carbocycles. The first-order valence-electron chi connectivity index (χ1n) is 5.84. The standard InChI is InChI=1S/C11H14N2O5S/c14-8-9-4-3-7-12(9)19(17,18)11-6-2-1-5-10(11)13(15)16/h1-2,5-6,9,14H,3-4,7-8H2/t9-/m0/s1. The molecule has 0 saturated carbocycles. The lowest BCUT2D eigenvalue weighted by Gasteiger charge is -2.22. The molecule has 7 nitrogen and oxygen atoms in total. The summed E-state index contributed by atoms with van der Waals surface area (Å²) in [6, 6.07) is 4.76. The number of hydrogen-bond donors (Lipinski definition) is 1. The first kappa shape index (κ1) is 13.9. The van der Waals surface area contributed by atoms with E-state index in [-0.39, 0.29) is 18.0 Å². The number of nitrogens with zero attached hydrogens (tertiary/aromatic N) is 2. The van der Waals surface area contributed by atoms with Crippen LogP contribution in [0.25, 0.3) is 0 Å². The molecule has 1 aliphatic rings. The Balaban J connectivity index is 2.48. The third-order valence-electron chi connectivity index (χ3n) is 3.18. The van der Waals surface area contributed by atoms with Gasteiger partial charge in [0, 0.05) is 18.7 Å². The minimum absolute atomic E-state index is 0.277. The highest BCUT2D eigenvalue weighted by Crippen LogP contribution is 2.30. The molecule has 1 aromatic rings. The number of nitro benzene ring substituents is 1. The number of hydrogen-bond acceptors (Lipinski definition) is 5. The van der Waals surface area contributed by atoms with Crippen molar-refractivity contribution in [1.29, 1.82) is 0 Å². The van der Waals surface area contributed by atoms with E-state index >= 15 is 0 Å². The summed E-state index contributed by atoms with van der Waals surface area (Å²) in [7, 11) is -3.94. The van der Waals surface area contributed by atoms with Crippen molar-refractivity contribution in [2.75, 3.05) is 13.2 Å². The molecule has 0 bridgehead atoms. The van der Waals surface area contributed by atoms with Crippen LogP contribution >= 0.6 is 0 Å². The van der Waals surface area contributed by atoms with Gasteiger partial charge >= 0.3 is 0 Å². The van der Waals surface area contributed by atoms with E-state index in [0.29, 0.717) is 12.8 Å². The van der Waals surface area contributed by atoms with Crippen LogP contribution in [-0.4, -0.2) is 41.9 Å². The second-order valence-electron chi connectivity index (χ2n) is 4.32. The first-order valence-corrected chi connectivity index (χ1v) is 7.28. The summed E-state index contributed by atoms with van der Waals surface area (Å²) < 4.78 is 26.0. The molecule has 1 fully saturated rings. The topological polar surface area (TPSA) is 101 Å². The fourth-order valence-corrected chi connectivity index (χ4v) is 4.10. The minimum Gasteiger partial charge on any atom is -0.395 e. The van der Waals surface area contributed by atoms with Gasteiger partial charge in [0.1, 0.15) is 0 Å². The lowest BCUT2D eigenvalue weighted by Crippen LogP contribution is -2.37. The van der Waals surface area contributed by atoms with E-state index < -0.39 is 26.7 Å². The minimum atomic E-state index is -3.94. The zero-order chi connectivity index (χ0) is 14.0. The molecule has 0 radical (unpaired) electrons. The van der Waals surface area contributed by atoms with Gasteiger partial charge in [0.05, 0.1) is 11.5 Å². The zero-order valence-electron chi connectivity index (χ0n) is 10.1. The fourth-order valence-electron chi connectivity index (χ4n) is 2.26. The Morgan fingerprint density at radius 2 is 2.11 bits per heavy atom. The largest absolute Gasteiger partial charge is 0.395 e. The van der Waals surface area contributed by atoms with E-state index in [2.05, 4.69) is 0 Å². The molecule has 1 aliphatic heterocycles. The molecule has 8 heteroatoms. The number of aliphatic hydroxyl groups is 1. The molecule has 1 N–H and O–H groups in total. The van der Waals surface area contributed by atoms with E-state index in [9.17, 15) is 23.6 Å². The predicted octanol–water partition coefficient (Wildman–Crippen LogP) is 0.740. The molecule has 19 heavy (non-hydrogen) atoms. The van der Waals surface area contributed by atoms with Gasteiger partial charge in [-0.05, 0) is 18.9 Å². The van der Waals surface area contributed by atoms with Crippen molar-refractivity contribution in [3.8, 4) is 0 Å². The first-order chi connectivity index (χ1) is 8.98. The summed E-state index contributed by atoms with van der Waals surface area (Å²) >= 11 is 0. The summed E-state index contributed by atoms with van der Waals surface area (Å²) in [5.74, 6) is 0. The quantitative estimate of drug-likeness (QED) is 0.650. The molecule has 1 saturated heterocycles. The van der Waals surface area contributed by atoms with Crippen LogP contribution in [-0.2, 0) is 10.0 Å². The summed E-state index contributed by atoms with van der Waals surface area (Å²) in [6.07, 6.45) is 1.21. The number of benzene rings is 1. The van der Waals surface area contributed by atoms with E-state index in [1.807, 2.05) is 0 Å². The van der Waals surface area contributed by atoms with Gasteiger partial charge in [-0.1, -0.05) is 12.1 Å². The molecule has 0 aliphatic carbocycles. The molecule has 2 rings (SSSR count). The van der Waals surface area contributed by atoms with Gasteiger partial charge in [0.25, 0.3) is 5.69 Å². The van der Waals surface area contributed by atoms with Crippen LogP contribution in [0.5, 0.6) is 0 Å². The molecular formula is C11H14N2O5S. The van der Waals surface area contributed by atoms with Gasteiger partial charge in [-0.15, -0.1) is 0 Å². The highest BCUT2D eigenvalue weighted by molar-refractivity contribution is 7.89. The predicted molar refractivity (Wildman–Crippen MR) is 67.1 cm³/mol. The van der Waals surface area contributed by atoms with Crippen LogP contribution in [0.1, 0.15) is 12.8 Å². The third-order valence-corrected chi connectivity index (χ3v) is 5.18. The van der Waals surface area contributed by atoms with E-state index in [1.54, 1.807) is 0 Å². The van der Waals surface area contributed by atoms with Crippen LogP contribution in [0, 0.1) is 10.1 Å². The Labute approximate surface area is 110 Å². The van der Waals surface area contributed by atoms with Gasteiger partial charge in [0.15, 0.2) is 4.90 Å². The van der Waals surface area contributed by atoms with E-state index in [4.69, 9.17) is 0 Å². The summed E-state index contributed by atoms with van der Waals surface area (Å²) in [6.45, 7) is -0.000526. The fraction of sp³-hybridized carbons (Fsp3) is 0.455. The average Bonchev–Trinajstić information content (AvgIpc) is 2.87. The molecule has 1 atom stereocenters. The van der Waals surface area contributed by atoms with Crippen LogP contribution in [0.4, 0.5) is 5.69 Å². The Morgan fingerprint density at radius 3 is 2.74 bits per heavy atom. The Bertz CT molecular complexity index is 587. The Kier molecular flexibility index (Phi) is 3.83. The van der Waals surface area contributed by atoms with Gasteiger partial charge in [-0.2, -0.15) is 4.31 Å². The van der Waals surface area contributed by atoms with Crippen molar-refractivity contribution in [2.45, 2.75) is 23.8 Å². The average molecular weight is 286 g/mol. The second-order valence-corrected chi connectivity index (χ2v) is 6.18. The van der Waals surface area contributed by atoms with Crippen LogP contribution < -0.4 is 0 Å². The Morgan fingerprint density at radius 1 is 1.42 bits per heavy atom. The molecular weight excluding hydrogens is 272 g/mol. The highest BCUT2D eigenvalue weighted by Gasteiger charge is 2.38. The number of nitro groups is 1. The van der Waals surface area contributed by atoms with Gasteiger partial charge < -0.3 is 5.11 Å². The second kappa shape index (κ2) is 5.24. The van der Waals surface area contributed by atoms with Crippen molar-refractivity contribution in [3.05, 3.63) is 34.4 Å². The van der Waals surface area contributed by atoms with Crippen LogP contribution in [0.3, 0.4) is 0 Å². The maximum Gasteiger partial charge on any atom is 0.289 e. The maximum absolute atomic E-state index is 12.4. The van der Waals surface area contributed by atoms with Crippen molar-refractivity contribution in [3.63, 3.8) is 0 Å². The van der Waals surface area contributed by atoms with Crippen LogP contribution in [0.15, 0.2) is 29.2 Å². The Hall–Kier alpha value is -1.51. The normalized spacial score (nSPS) is 20.6. The highest BCUT2D eigenvalue weighted by atomic mass is 32.2.